The molecule has 1 spiro atoms. The van der Waals surface area contributed by atoms with Crippen molar-refractivity contribution in [2.75, 3.05) is 39.5 Å². The van der Waals surface area contributed by atoms with Gasteiger partial charge in [-0.2, -0.15) is 0 Å². The zero-order valence-corrected chi connectivity index (χ0v) is 15.4. The van der Waals surface area contributed by atoms with Crippen molar-refractivity contribution in [1.82, 2.24) is 9.80 Å². The van der Waals surface area contributed by atoms with Crippen LogP contribution in [-0.4, -0.2) is 68.9 Å². The fourth-order valence-electron chi connectivity index (χ4n) is 4.27. The Hall–Kier alpha value is -0.950. The maximum Gasteiger partial charge on any atom is 0.175 e. The molecule has 1 N–H and O–H groups in total. The van der Waals surface area contributed by atoms with Gasteiger partial charge in [-0.15, -0.1) is 0 Å². The molecule has 2 aliphatic heterocycles. The van der Waals surface area contributed by atoms with Gasteiger partial charge in [-0.3, -0.25) is 4.90 Å². The lowest BCUT2D eigenvalue weighted by atomic mass is 9.71. The summed E-state index contributed by atoms with van der Waals surface area (Å²) in [5.74, 6) is 0. The van der Waals surface area contributed by atoms with Crippen molar-refractivity contribution in [1.29, 1.82) is 0 Å². The molecule has 2 saturated heterocycles. The van der Waals surface area contributed by atoms with Gasteiger partial charge in [0.25, 0.3) is 0 Å². The van der Waals surface area contributed by atoms with Gasteiger partial charge in [-0.25, -0.2) is 8.42 Å². The van der Waals surface area contributed by atoms with Crippen LogP contribution in [0.1, 0.15) is 24.8 Å². The summed E-state index contributed by atoms with van der Waals surface area (Å²) < 4.78 is 23.0. The van der Waals surface area contributed by atoms with E-state index in [2.05, 4.69) is 16.8 Å². The average Bonchev–Trinajstić information content (AvgIpc) is 2.48. The van der Waals surface area contributed by atoms with E-state index in [1.54, 1.807) is 12.1 Å². The van der Waals surface area contributed by atoms with E-state index in [9.17, 15) is 13.5 Å². The van der Waals surface area contributed by atoms with Gasteiger partial charge >= 0.3 is 0 Å². The topological polar surface area (TPSA) is 60.9 Å². The van der Waals surface area contributed by atoms with Crippen LogP contribution in [0.4, 0.5) is 0 Å². The van der Waals surface area contributed by atoms with E-state index in [-0.39, 0.29) is 11.5 Å². The number of likely N-dealkylation sites (tertiary alicyclic amines) is 2. The maximum atomic E-state index is 11.5. The monoisotopic (exact) mass is 352 g/mol. The van der Waals surface area contributed by atoms with Crippen molar-refractivity contribution >= 4 is 9.84 Å². The molecular formula is C18H28N2O3S. The molecule has 0 radical (unpaired) electrons. The number of likely N-dealkylation sites (N-methyl/N-ethyl adjacent to an activating group) is 1. The van der Waals surface area contributed by atoms with Gasteiger partial charge in [-0.1, -0.05) is 12.1 Å². The Morgan fingerprint density at radius 2 is 1.83 bits per heavy atom. The molecular weight excluding hydrogens is 324 g/mol. The number of piperidine rings is 2. The number of nitrogens with zero attached hydrogens (tertiary/aromatic N) is 2. The van der Waals surface area contributed by atoms with Gasteiger partial charge < -0.3 is 10.0 Å². The largest absolute Gasteiger partial charge is 0.392 e. The van der Waals surface area contributed by atoms with Crippen LogP contribution in [0.3, 0.4) is 0 Å². The van der Waals surface area contributed by atoms with Gasteiger partial charge in [0.2, 0.25) is 0 Å². The van der Waals surface area contributed by atoms with E-state index < -0.39 is 9.84 Å². The number of hydrogen-bond donors (Lipinski definition) is 1. The Morgan fingerprint density at radius 1 is 1.21 bits per heavy atom. The lowest BCUT2D eigenvalue weighted by Gasteiger charge is -2.48. The minimum Gasteiger partial charge on any atom is -0.392 e. The van der Waals surface area contributed by atoms with E-state index in [0.29, 0.717) is 4.90 Å². The second kappa shape index (κ2) is 6.75. The average molecular weight is 353 g/mol. The highest BCUT2D eigenvalue weighted by atomic mass is 32.2. The summed E-state index contributed by atoms with van der Waals surface area (Å²) in [6, 6.07) is 7.23. The zero-order chi connectivity index (χ0) is 17.4. The Bertz CT molecular complexity index is 652. The van der Waals surface area contributed by atoms with Gasteiger partial charge in [0.15, 0.2) is 9.84 Å². The van der Waals surface area contributed by atoms with E-state index in [4.69, 9.17) is 0 Å². The highest BCUT2D eigenvalue weighted by Gasteiger charge is 2.40. The molecule has 1 atom stereocenters. The molecule has 134 valence electrons. The standard InChI is InChI=1S/C18H28N2O3S/c1-19-13-16(21)11-18(14-19)7-9-20(10-8-18)12-15-3-5-17(6-4-15)24(2,22)23/h3-6,16,21H,7-14H2,1-2H3. The second-order valence-corrected chi connectivity index (χ2v) is 9.76. The molecule has 2 fully saturated rings. The number of benzene rings is 1. The van der Waals surface area contributed by atoms with Crippen LogP contribution in [0, 0.1) is 5.41 Å². The van der Waals surface area contributed by atoms with Crippen LogP contribution in [0.2, 0.25) is 0 Å². The van der Waals surface area contributed by atoms with E-state index >= 15 is 0 Å². The molecule has 1 unspecified atom stereocenters. The van der Waals surface area contributed by atoms with Crippen LogP contribution in [0.15, 0.2) is 29.2 Å². The second-order valence-electron chi connectivity index (χ2n) is 7.75. The third kappa shape index (κ3) is 4.17. The molecule has 2 heterocycles. The van der Waals surface area contributed by atoms with Gasteiger partial charge in [-0.05, 0) is 62.5 Å². The molecule has 5 nitrogen and oxygen atoms in total. The summed E-state index contributed by atoms with van der Waals surface area (Å²) in [6.07, 6.45) is 4.21. The molecule has 6 heteroatoms. The van der Waals surface area contributed by atoms with Crippen molar-refractivity contribution < 1.29 is 13.5 Å². The number of rotatable bonds is 3. The predicted octanol–water partition coefficient (Wildman–Crippen LogP) is 1.37. The number of aliphatic hydroxyl groups excluding tert-OH is 1. The third-order valence-corrected chi connectivity index (χ3v) is 6.60. The lowest BCUT2D eigenvalue weighted by molar-refractivity contribution is -0.0331. The minimum atomic E-state index is -3.12. The van der Waals surface area contributed by atoms with E-state index in [1.807, 2.05) is 12.1 Å². The third-order valence-electron chi connectivity index (χ3n) is 5.47. The molecule has 0 amide bonds. The highest BCUT2D eigenvalue weighted by Crippen LogP contribution is 2.39. The summed E-state index contributed by atoms with van der Waals surface area (Å²) in [5.41, 5.74) is 1.42. The van der Waals surface area contributed by atoms with Crippen molar-refractivity contribution in [2.45, 2.75) is 36.8 Å². The predicted molar refractivity (Wildman–Crippen MR) is 94.6 cm³/mol. The summed E-state index contributed by atoms with van der Waals surface area (Å²) in [5, 5.41) is 10.1. The number of sulfone groups is 1. The number of β-amino-alcohol motifs (C(OH)–C–C–N with tert-alkyl or cyclic N) is 1. The van der Waals surface area contributed by atoms with Gasteiger partial charge in [0.05, 0.1) is 11.0 Å². The first-order chi connectivity index (χ1) is 11.3. The summed E-state index contributed by atoms with van der Waals surface area (Å²) in [4.78, 5) is 5.07. The minimum absolute atomic E-state index is 0.196. The first-order valence-electron chi connectivity index (χ1n) is 8.64. The molecule has 0 aliphatic carbocycles. The highest BCUT2D eigenvalue weighted by molar-refractivity contribution is 7.90. The van der Waals surface area contributed by atoms with Crippen LogP contribution >= 0.6 is 0 Å². The van der Waals surface area contributed by atoms with Gasteiger partial charge in [0.1, 0.15) is 0 Å². The van der Waals surface area contributed by atoms with Crippen LogP contribution in [0.5, 0.6) is 0 Å². The van der Waals surface area contributed by atoms with E-state index in [0.717, 1.165) is 57.5 Å². The van der Waals surface area contributed by atoms with Crippen molar-refractivity contribution in [3.8, 4) is 0 Å². The lowest BCUT2D eigenvalue weighted by Crippen LogP contribution is -2.52. The van der Waals surface area contributed by atoms with Crippen molar-refractivity contribution in [3.05, 3.63) is 29.8 Å². The number of hydrogen-bond acceptors (Lipinski definition) is 5. The van der Waals surface area contributed by atoms with E-state index in [1.165, 1.54) is 6.26 Å². The molecule has 24 heavy (non-hydrogen) atoms. The molecule has 0 aromatic heterocycles. The fraction of sp³-hybridized carbons (Fsp3) is 0.667. The Kier molecular flexibility index (Phi) is 5.02. The molecule has 1 aromatic rings. The summed E-state index contributed by atoms with van der Waals surface area (Å²) in [6.45, 7) is 4.81. The SMILES string of the molecule is CN1CC(O)CC2(CCN(Cc3ccc(S(C)(=O)=O)cc3)CC2)C1. The first kappa shape index (κ1) is 17.9. The molecule has 2 aliphatic rings. The smallest absolute Gasteiger partial charge is 0.175 e. The Balaban J connectivity index is 1.57. The normalized spacial score (nSPS) is 25.9. The van der Waals surface area contributed by atoms with Crippen molar-refractivity contribution in [3.63, 3.8) is 0 Å². The Morgan fingerprint density at radius 3 is 2.38 bits per heavy atom. The summed E-state index contributed by atoms with van der Waals surface area (Å²) in [7, 11) is -1.03. The molecule has 1 aromatic carbocycles. The maximum absolute atomic E-state index is 11.5. The van der Waals surface area contributed by atoms with Crippen LogP contribution < -0.4 is 0 Å². The van der Waals surface area contributed by atoms with Crippen LogP contribution in [0.25, 0.3) is 0 Å². The summed E-state index contributed by atoms with van der Waals surface area (Å²) >= 11 is 0. The van der Waals surface area contributed by atoms with Crippen molar-refractivity contribution in [2.24, 2.45) is 5.41 Å². The molecule has 3 rings (SSSR count). The Labute approximate surface area is 145 Å². The quantitative estimate of drug-likeness (QED) is 0.890. The number of aliphatic hydroxyl groups is 1. The first-order valence-corrected chi connectivity index (χ1v) is 10.5. The zero-order valence-electron chi connectivity index (χ0n) is 14.6. The molecule has 0 bridgehead atoms. The van der Waals surface area contributed by atoms with Gasteiger partial charge in [0, 0.05) is 25.9 Å². The molecule has 0 saturated carbocycles. The van der Waals surface area contributed by atoms with Crippen LogP contribution in [-0.2, 0) is 16.4 Å². The fourth-order valence-corrected chi connectivity index (χ4v) is 4.90.